The summed E-state index contributed by atoms with van der Waals surface area (Å²) in [6.07, 6.45) is -1.56. The number of nitrogens with zero attached hydrogens (tertiary/aromatic N) is 2. The van der Waals surface area contributed by atoms with Gasteiger partial charge in [0.05, 0.1) is 17.9 Å². The molecule has 0 aromatic carbocycles. The van der Waals surface area contributed by atoms with Crippen molar-refractivity contribution >= 4 is 11.8 Å². The van der Waals surface area contributed by atoms with Crippen LogP contribution in [0, 0.1) is 28.6 Å². The van der Waals surface area contributed by atoms with Crippen LogP contribution in [0.15, 0.2) is 0 Å². The molecule has 0 aromatic heterocycles. The first-order valence-electron chi connectivity index (χ1n) is 7.28. The molecule has 0 bridgehead atoms. The monoisotopic (exact) mass is 317 g/mol. The third-order valence-corrected chi connectivity index (χ3v) is 4.72. The van der Waals surface area contributed by atoms with Crippen LogP contribution < -0.4 is 5.73 Å². The van der Waals surface area contributed by atoms with Crippen molar-refractivity contribution in [1.29, 1.82) is 5.26 Å². The molecule has 2 N–H and O–H groups in total. The number of primary amides is 1. The maximum atomic E-state index is 13.0. The Balaban J connectivity index is 2.21. The fourth-order valence-electron chi connectivity index (χ4n) is 3.42. The second-order valence-corrected chi connectivity index (χ2v) is 6.12. The molecule has 2 amide bonds. The van der Waals surface area contributed by atoms with Gasteiger partial charge in [0.25, 0.3) is 0 Å². The number of hydrogen-bond acceptors (Lipinski definition) is 3. The summed E-state index contributed by atoms with van der Waals surface area (Å²) in [5.41, 5.74) is 3.80. The molecule has 2 rings (SSSR count). The molecule has 22 heavy (non-hydrogen) atoms. The molecule has 122 valence electrons. The summed E-state index contributed by atoms with van der Waals surface area (Å²) in [6, 6.07) is 2.00. The van der Waals surface area contributed by atoms with Gasteiger partial charge < -0.3 is 10.6 Å². The first-order chi connectivity index (χ1) is 10.2. The number of carbonyl (C=O) groups excluding carboxylic acids is 2. The number of hydrogen-bond donors (Lipinski definition) is 1. The minimum absolute atomic E-state index is 0.358. The van der Waals surface area contributed by atoms with Crippen molar-refractivity contribution in [2.75, 3.05) is 13.1 Å². The molecule has 1 saturated carbocycles. The number of alkyl halides is 3. The largest absolute Gasteiger partial charge is 0.394 e. The molecular weight excluding hydrogens is 299 g/mol. The van der Waals surface area contributed by atoms with E-state index in [1.54, 1.807) is 0 Å². The van der Waals surface area contributed by atoms with E-state index in [1.165, 1.54) is 0 Å². The van der Waals surface area contributed by atoms with Gasteiger partial charge >= 0.3 is 6.18 Å². The van der Waals surface area contributed by atoms with Crippen molar-refractivity contribution in [2.24, 2.45) is 23.0 Å². The topological polar surface area (TPSA) is 87.2 Å². The van der Waals surface area contributed by atoms with E-state index in [4.69, 9.17) is 5.73 Å². The van der Waals surface area contributed by atoms with E-state index in [1.807, 2.05) is 6.07 Å². The molecule has 2 aliphatic rings. The van der Waals surface area contributed by atoms with Gasteiger partial charge in [0, 0.05) is 13.1 Å². The predicted octanol–water partition coefficient (Wildman–Crippen LogP) is 1.58. The van der Waals surface area contributed by atoms with E-state index < -0.39 is 41.8 Å². The molecule has 0 radical (unpaired) electrons. The highest BCUT2D eigenvalue weighted by molar-refractivity contribution is 5.87. The summed E-state index contributed by atoms with van der Waals surface area (Å²) >= 11 is 0. The van der Waals surface area contributed by atoms with Crippen molar-refractivity contribution in [3.05, 3.63) is 0 Å². The number of amides is 2. The van der Waals surface area contributed by atoms with E-state index in [-0.39, 0.29) is 6.54 Å². The molecular formula is C14H18F3N3O2. The quantitative estimate of drug-likeness (QED) is 0.839. The summed E-state index contributed by atoms with van der Waals surface area (Å²) in [5.74, 6) is -5.04. The predicted molar refractivity (Wildman–Crippen MR) is 69.9 cm³/mol. The number of nitriles is 1. The van der Waals surface area contributed by atoms with Crippen LogP contribution in [0.3, 0.4) is 0 Å². The lowest BCUT2D eigenvalue weighted by atomic mass is 9.74. The molecule has 1 saturated heterocycles. The van der Waals surface area contributed by atoms with Crippen LogP contribution in [-0.2, 0) is 9.59 Å². The number of rotatable bonds is 2. The fourth-order valence-corrected chi connectivity index (χ4v) is 3.42. The number of carbonyl (C=O) groups is 2. The van der Waals surface area contributed by atoms with Gasteiger partial charge in [-0.15, -0.1) is 0 Å². The average molecular weight is 317 g/mol. The number of likely N-dealkylation sites (tertiary alicyclic amines) is 1. The van der Waals surface area contributed by atoms with E-state index in [9.17, 15) is 28.0 Å². The summed E-state index contributed by atoms with van der Waals surface area (Å²) in [7, 11) is 0. The minimum Gasteiger partial charge on any atom is -0.369 e. The lowest BCUT2D eigenvalue weighted by Crippen LogP contribution is -2.44. The summed E-state index contributed by atoms with van der Waals surface area (Å²) in [5, 5.41) is 9.36. The zero-order valence-corrected chi connectivity index (χ0v) is 12.0. The van der Waals surface area contributed by atoms with Crippen molar-refractivity contribution in [1.82, 2.24) is 4.90 Å². The lowest BCUT2D eigenvalue weighted by molar-refractivity contribution is -0.183. The molecule has 0 spiro atoms. The minimum atomic E-state index is -4.60. The van der Waals surface area contributed by atoms with E-state index in [0.29, 0.717) is 25.7 Å². The van der Waals surface area contributed by atoms with Crippen molar-refractivity contribution < 1.29 is 22.8 Å². The highest BCUT2D eigenvalue weighted by atomic mass is 19.4. The van der Waals surface area contributed by atoms with Crippen LogP contribution >= 0.6 is 0 Å². The van der Waals surface area contributed by atoms with E-state index in [2.05, 4.69) is 0 Å². The molecule has 2 atom stereocenters. The molecule has 5 nitrogen and oxygen atoms in total. The highest BCUT2D eigenvalue weighted by Gasteiger charge is 2.55. The lowest BCUT2D eigenvalue weighted by Gasteiger charge is -2.33. The molecule has 1 aliphatic carbocycles. The first-order valence-corrected chi connectivity index (χ1v) is 7.28. The van der Waals surface area contributed by atoms with Gasteiger partial charge in [-0.1, -0.05) is 19.3 Å². The molecule has 1 heterocycles. The van der Waals surface area contributed by atoms with Gasteiger partial charge in [-0.3, -0.25) is 9.59 Å². The maximum Gasteiger partial charge on any atom is 0.394 e. The Hall–Kier alpha value is -1.78. The van der Waals surface area contributed by atoms with Gasteiger partial charge in [-0.25, -0.2) is 0 Å². The van der Waals surface area contributed by atoms with Crippen molar-refractivity contribution in [3.8, 4) is 6.07 Å². The molecule has 0 unspecified atom stereocenters. The highest BCUT2D eigenvalue weighted by Crippen LogP contribution is 2.42. The second kappa shape index (κ2) is 5.78. The normalized spacial score (nSPS) is 28.2. The smallest absolute Gasteiger partial charge is 0.369 e. The summed E-state index contributed by atoms with van der Waals surface area (Å²) < 4.78 is 39.1. The maximum absolute atomic E-state index is 13.0. The first kappa shape index (κ1) is 16.6. The Bertz CT molecular complexity index is 506. The standard InChI is InChI=1S/C14H18F3N3O2/c15-14(16,17)10-7-20(6-9(10)11(19)21)12(22)13(8-18)4-2-1-3-5-13/h9-10H,1-7H2,(H2,19,21)/t9-,10-/m1/s1. The van der Waals surface area contributed by atoms with E-state index >= 15 is 0 Å². The Kier molecular flexibility index (Phi) is 4.36. The summed E-state index contributed by atoms with van der Waals surface area (Å²) in [6.45, 7) is -0.957. The van der Waals surface area contributed by atoms with Crippen LogP contribution in [0.2, 0.25) is 0 Å². The zero-order chi connectivity index (χ0) is 16.5. The Morgan fingerprint density at radius 2 is 1.77 bits per heavy atom. The number of halogens is 3. The third kappa shape index (κ3) is 2.89. The van der Waals surface area contributed by atoms with Crippen LogP contribution in [0.1, 0.15) is 32.1 Å². The summed E-state index contributed by atoms with van der Waals surface area (Å²) in [4.78, 5) is 24.9. The van der Waals surface area contributed by atoms with Gasteiger partial charge in [0.1, 0.15) is 5.41 Å². The van der Waals surface area contributed by atoms with Gasteiger partial charge in [-0.2, -0.15) is 18.4 Å². The van der Waals surface area contributed by atoms with Gasteiger partial charge in [0.2, 0.25) is 11.8 Å². The van der Waals surface area contributed by atoms with Crippen molar-refractivity contribution in [2.45, 2.75) is 38.3 Å². The van der Waals surface area contributed by atoms with Gasteiger partial charge in [0.15, 0.2) is 0 Å². The average Bonchev–Trinajstić information content (AvgIpc) is 2.92. The fraction of sp³-hybridized carbons (Fsp3) is 0.786. The Morgan fingerprint density at radius 1 is 1.18 bits per heavy atom. The molecule has 1 aliphatic heterocycles. The molecule has 8 heteroatoms. The molecule has 2 fully saturated rings. The van der Waals surface area contributed by atoms with Crippen molar-refractivity contribution in [3.63, 3.8) is 0 Å². The van der Waals surface area contributed by atoms with Gasteiger partial charge in [-0.05, 0) is 12.8 Å². The SMILES string of the molecule is N#CC1(C(=O)N2C[C@@H](C(F)(F)F)[C@H](C(N)=O)C2)CCCCC1. The van der Waals surface area contributed by atoms with Crippen LogP contribution in [0.25, 0.3) is 0 Å². The number of nitrogens with two attached hydrogens (primary N) is 1. The third-order valence-electron chi connectivity index (χ3n) is 4.72. The Labute approximate surface area is 126 Å². The zero-order valence-electron chi connectivity index (χ0n) is 12.0. The molecule has 0 aromatic rings. The van der Waals surface area contributed by atoms with Crippen LogP contribution in [0.5, 0.6) is 0 Å². The van der Waals surface area contributed by atoms with Crippen LogP contribution in [-0.4, -0.2) is 36.0 Å². The van der Waals surface area contributed by atoms with E-state index in [0.717, 1.165) is 11.3 Å². The van der Waals surface area contributed by atoms with Crippen LogP contribution in [0.4, 0.5) is 13.2 Å². The second-order valence-electron chi connectivity index (χ2n) is 6.12. The Morgan fingerprint density at radius 3 is 2.18 bits per heavy atom.